The number of rotatable bonds is 2. The lowest BCUT2D eigenvalue weighted by molar-refractivity contribution is -0.0592. The van der Waals surface area contributed by atoms with Gasteiger partial charge >= 0.3 is 11.3 Å². The van der Waals surface area contributed by atoms with Crippen LogP contribution in [0.5, 0.6) is 5.75 Å². The van der Waals surface area contributed by atoms with E-state index < -0.39 is 17.5 Å². The van der Waals surface area contributed by atoms with E-state index in [4.69, 9.17) is 18.3 Å². The van der Waals surface area contributed by atoms with Crippen LogP contribution in [-0.4, -0.2) is 7.11 Å². The van der Waals surface area contributed by atoms with Gasteiger partial charge in [0, 0.05) is 24.1 Å². The molecule has 0 radical (unpaired) electrons. The summed E-state index contributed by atoms with van der Waals surface area (Å²) in [5.74, 6) is 0.972. The van der Waals surface area contributed by atoms with Crippen molar-refractivity contribution in [2.75, 3.05) is 7.11 Å². The molecule has 0 bridgehead atoms. The first-order valence-corrected chi connectivity index (χ1v) is 9.07. The molecule has 144 valence electrons. The minimum Gasteiger partial charge on any atom is -0.460 e. The number of hydrogen-bond acceptors (Lipinski definition) is 6. The summed E-state index contributed by atoms with van der Waals surface area (Å²) in [5.41, 5.74) is 2.20. The lowest BCUT2D eigenvalue weighted by Crippen LogP contribution is -2.19. The molecule has 1 unspecified atom stereocenters. The second-order valence-electron chi connectivity index (χ2n) is 6.89. The van der Waals surface area contributed by atoms with Crippen molar-refractivity contribution in [2.24, 2.45) is 0 Å². The fraction of sp³-hybridized carbons (Fsp3) is 0.130. The highest BCUT2D eigenvalue weighted by Gasteiger charge is 2.30. The number of aryl methyl sites for hydroxylation is 1. The van der Waals surface area contributed by atoms with Gasteiger partial charge in [0.1, 0.15) is 11.3 Å². The second kappa shape index (κ2) is 6.46. The summed E-state index contributed by atoms with van der Waals surface area (Å²) in [6.45, 7) is 1.90. The van der Waals surface area contributed by atoms with Crippen LogP contribution < -0.4 is 16.0 Å². The Kier molecular flexibility index (Phi) is 3.89. The van der Waals surface area contributed by atoms with E-state index in [0.29, 0.717) is 39.2 Å². The van der Waals surface area contributed by atoms with Crippen LogP contribution >= 0.6 is 0 Å². The Morgan fingerprint density at radius 2 is 1.72 bits per heavy atom. The maximum absolute atomic E-state index is 12.9. The zero-order chi connectivity index (χ0) is 20.1. The average Bonchev–Trinajstić information content (AvgIpc) is 2.71. The van der Waals surface area contributed by atoms with Gasteiger partial charge < -0.3 is 18.3 Å². The standard InChI is InChI=1S/C23H16O6/c1-12-7-8-13-15(11-20(24)27-19(13)9-12)16-10-17-21(29-22(16)25)14-5-3-4-6-18(14)28-23(17)26-2/h3-11,23H,1-2H3. The molecule has 5 rings (SSSR count). The van der Waals surface area contributed by atoms with E-state index in [1.165, 1.54) is 13.2 Å². The van der Waals surface area contributed by atoms with E-state index in [-0.39, 0.29) is 5.56 Å². The zero-order valence-corrected chi connectivity index (χ0v) is 15.7. The third-order valence-electron chi connectivity index (χ3n) is 5.00. The molecule has 0 spiro atoms. The minimum atomic E-state index is -0.739. The molecule has 2 aromatic heterocycles. The third-order valence-corrected chi connectivity index (χ3v) is 5.00. The van der Waals surface area contributed by atoms with E-state index in [2.05, 4.69) is 0 Å². The zero-order valence-electron chi connectivity index (χ0n) is 15.7. The quantitative estimate of drug-likeness (QED) is 0.473. The van der Waals surface area contributed by atoms with Crippen LogP contribution in [0.4, 0.5) is 0 Å². The van der Waals surface area contributed by atoms with Gasteiger partial charge in [-0.15, -0.1) is 0 Å². The first-order valence-electron chi connectivity index (χ1n) is 9.07. The fourth-order valence-electron chi connectivity index (χ4n) is 3.66. The normalized spacial score (nSPS) is 14.9. The van der Waals surface area contributed by atoms with Crippen LogP contribution in [0.25, 0.3) is 33.4 Å². The van der Waals surface area contributed by atoms with Gasteiger partial charge in [0.05, 0.1) is 16.7 Å². The molecule has 0 amide bonds. The SMILES string of the molecule is COC1Oc2ccccc2-c2oc(=O)c(-c3cc(=O)oc4cc(C)ccc34)cc21. The Morgan fingerprint density at radius 3 is 2.55 bits per heavy atom. The Morgan fingerprint density at radius 1 is 0.897 bits per heavy atom. The van der Waals surface area contributed by atoms with Crippen molar-refractivity contribution in [3.05, 3.63) is 86.6 Å². The van der Waals surface area contributed by atoms with Crippen LogP contribution in [0.3, 0.4) is 0 Å². The van der Waals surface area contributed by atoms with E-state index in [9.17, 15) is 9.59 Å². The molecular formula is C23H16O6. The Hall–Kier alpha value is -3.64. The van der Waals surface area contributed by atoms with E-state index in [0.717, 1.165) is 5.56 Å². The van der Waals surface area contributed by atoms with Crippen LogP contribution in [0.2, 0.25) is 0 Å². The van der Waals surface area contributed by atoms with Crippen LogP contribution in [0.1, 0.15) is 17.4 Å². The molecule has 0 aliphatic carbocycles. The average molecular weight is 388 g/mol. The molecular weight excluding hydrogens is 372 g/mol. The Labute approximate surface area is 164 Å². The monoisotopic (exact) mass is 388 g/mol. The molecule has 6 nitrogen and oxygen atoms in total. The van der Waals surface area contributed by atoms with Crippen molar-refractivity contribution in [1.82, 2.24) is 0 Å². The van der Waals surface area contributed by atoms with Gasteiger partial charge in [0.25, 0.3) is 0 Å². The summed E-state index contributed by atoms with van der Waals surface area (Å²) in [4.78, 5) is 25.1. The molecule has 1 aliphatic heterocycles. The number of fused-ring (bicyclic) bond motifs is 4. The van der Waals surface area contributed by atoms with Gasteiger partial charge in [-0.3, -0.25) is 0 Å². The Bertz CT molecular complexity index is 1380. The number of ether oxygens (including phenoxy) is 2. The topological polar surface area (TPSA) is 78.9 Å². The highest BCUT2D eigenvalue weighted by Crippen LogP contribution is 2.43. The summed E-state index contributed by atoms with van der Waals surface area (Å²) in [7, 11) is 1.52. The summed E-state index contributed by atoms with van der Waals surface area (Å²) >= 11 is 0. The number of methoxy groups -OCH3 is 1. The van der Waals surface area contributed by atoms with Gasteiger partial charge in [-0.2, -0.15) is 0 Å². The predicted molar refractivity (Wildman–Crippen MR) is 107 cm³/mol. The number of benzene rings is 2. The van der Waals surface area contributed by atoms with Crippen molar-refractivity contribution in [3.8, 4) is 28.2 Å². The summed E-state index contributed by atoms with van der Waals surface area (Å²) in [6, 6.07) is 15.7. The van der Waals surface area contributed by atoms with Crippen molar-refractivity contribution >= 4 is 11.0 Å². The lowest BCUT2D eigenvalue weighted by Gasteiger charge is -2.26. The van der Waals surface area contributed by atoms with Gasteiger partial charge in [-0.05, 0) is 36.8 Å². The minimum absolute atomic E-state index is 0.246. The first-order chi connectivity index (χ1) is 14.0. The molecule has 4 aromatic rings. The molecule has 1 aliphatic rings. The lowest BCUT2D eigenvalue weighted by atomic mass is 9.97. The third kappa shape index (κ3) is 2.77. The maximum atomic E-state index is 12.9. The largest absolute Gasteiger partial charge is 0.460 e. The fourth-order valence-corrected chi connectivity index (χ4v) is 3.66. The van der Waals surface area contributed by atoms with Crippen molar-refractivity contribution in [1.29, 1.82) is 0 Å². The first kappa shape index (κ1) is 17.5. The highest BCUT2D eigenvalue weighted by atomic mass is 16.7. The Balaban J connectivity index is 1.81. The van der Waals surface area contributed by atoms with Gasteiger partial charge in [-0.1, -0.05) is 24.3 Å². The van der Waals surface area contributed by atoms with Gasteiger partial charge in [0.2, 0.25) is 6.29 Å². The summed E-state index contributed by atoms with van der Waals surface area (Å²) in [6.07, 6.45) is -0.739. The molecule has 6 heteroatoms. The van der Waals surface area contributed by atoms with Gasteiger partial charge in [-0.25, -0.2) is 9.59 Å². The number of para-hydroxylation sites is 1. The summed E-state index contributed by atoms with van der Waals surface area (Å²) in [5, 5.41) is 0.647. The molecule has 3 heterocycles. The molecule has 29 heavy (non-hydrogen) atoms. The molecule has 2 aromatic carbocycles. The van der Waals surface area contributed by atoms with Crippen molar-refractivity contribution in [2.45, 2.75) is 13.2 Å². The second-order valence-corrected chi connectivity index (χ2v) is 6.89. The predicted octanol–water partition coefficient (Wildman–Crippen LogP) is 4.43. The summed E-state index contributed by atoms with van der Waals surface area (Å²) < 4.78 is 22.4. The molecule has 0 saturated carbocycles. The van der Waals surface area contributed by atoms with E-state index in [1.54, 1.807) is 18.2 Å². The van der Waals surface area contributed by atoms with E-state index in [1.807, 2.05) is 37.3 Å². The maximum Gasteiger partial charge on any atom is 0.344 e. The highest BCUT2D eigenvalue weighted by molar-refractivity contribution is 5.93. The molecule has 0 N–H and O–H groups in total. The van der Waals surface area contributed by atoms with Crippen LogP contribution in [-0.2, 0) is 4.74 Å². The van der Waals surface area contributed by atoms with Crippen LogP contribution in [0, 0.1) is 6.92 Å². The van der Waals surface area contributed by atoms with Crippen molar-refractivity contribution < 1.29 is 18.3 Å². The van der Waals surface area contributed by atoms with Crippen molar-refractivity contribution in [3.63, 3.8) is 0 Å². The van der Waals surface area contributed by atoms with Crippen LogP contribution in [0.15, 0.2) is 73.0 Å². The molecule has 1 atom stereocenters. The smallest absolute Gasteiger partial charge is 0.344 e. The molecule has 0 saturated heterocycles. The molecule has 0 fully saturated rings. The number of hydrogen-bond donors (Lipinski definition) is 0. The van der Waals surface area contributed by atoms with E-state index >= 15 is 0 Å². The van der Waals surface area contributed by atoms with Gasteiger partial charge in [0.15, 0.2) is 5.76 Å².